The Labute approximate surface area is 92.8 Å². The van der Waals surface area contributed by atoms with Crippen LogP contribution in [0.3, 0.4) is 0 Å². The summed E-state index contributed by atoms with van der Waals surface area (Å²) in [5.74, 6) is 4.06. The molecule has 7 heteroatoms. The van der Waals surface area contributed by atoms with Gasteiger partial charge >= 0.3 is 13.1 Å². The van der Waals surface area contributed by atoms with Gasteiger partial charge in [0.1, 0.15) is 6.04 Å². The van der Waals surface area contributed by atoms with Crippen molar-refractivity contribution < 1.29 is 19.9 Å². The maximum Gasteiger partial charge on any atom is 0.488 e. The van der Waals surface area contributed by atoms with Gasteiger partial charge in [0.25, 0.3) is 0 Å². The zero-order chi connectivity index (χ0) is 12.1. The lowest BCUT2D eigenvalue weighted by atomic mass is 9.80. The number of carbonyl (C=O) groups is 1. The number of carboxylic acid groups (broad SMARTS) is 1. The van der Waals surface area contributed by atoms with E-state index in [1.807, 2.05) is 0 Å². The normalized spacial score (nSPS) is 12.2. The van der Waals surface area contributed by atoms with Crippen LogP contribution in [0.4, 0.5) is 0 Å². The molecule has 0 saturated heterocycles. The van der Waals surface area contributed by atoms with Crippen LogP contribution in [-0.4, -0.2) is 34.3 Å². The highest BCUT2D eigenvalue weighted by atomic mass is 16.4. The van der Waals surface area contributed by atoms with Crippen molar-refractivity contribution in [3.05, 3.63) is 29.8 Å². The van der Waals surface area contributed by atoms with Crippen molar-refractivity contribution in [2.75, 3.05) is 0 Å². The summed E-state index contributed by atoms with van der Waals surface area (Å²) in [5.41, 5.74) is 3.29. The lowest BCUT2D eigenvalue weighted by Crippen LogP contribution is -2.42. The number of hydrazine groups is 1. The maximum absolute atomic E-state index is 10.7. The molecule has 0 saturated carbocycles. The van der Waals surface area contributed by atoms with Crippen LogP contribution >= 0.6 is 0 Å². The van der Waals surface area contributed by atoms with Gasteiger partial charge in [-0.25, -0.2) is 5.43 Å². The number of benzene rings is 1. The number of hydrogen-bond donors (Lipinski definition) is 5. The summed E-state index contributed by atoms with van der Waals surface area (Å²) in [7, 11) is -1.52. The Morgan fingerprint density at radius 1 is 1.38 bits per heavy atom. The number of carboxylic acids is 1. The van der Waals surface area contributed by atoms with Crippen LogP contribution in [0.5, 0.6) is 0 Å². The van der Waals surface area contributed by atoms with Crippen LogP contribution in [0.25, 0.3) is 0 Å². The molecule has 16 heavy (non-hydrogen) atoms. The van der Waals surface area contributed by atoms with Crippen LogP contribution in [0.15, 0.2) is 24.3 Å². The third-order valence-corrected chi connectivity index (χ3v) is 2.22. The third-order valence-electron chi connectivity index (χ3n) is 2.22. The average Bonchev–Trinajstić information content (AvgIpc) is 2.26. The minimum atomic E-state index is -1.52. The molecule has 0 amide bonds. The molecule has 0 bridgehead atoms. The van der Waals surface area contributed by atoms with Crippen LogP contribution < -0.4 is 16.7 Å². The SMILES string of the molecule is NNC(Cc1ccc(B(O)O)cc1)C(=O)O. The maximum atomic E-state index is 10.7. The molecule has 1 atom stereocenters. The van der Waals surface area contributed by atoms with E-state index in [0.717, 1.165) is 5.56 Å². The Balaban J connectivity index is 2.71. The summed E-state index contributed by atoms with van der Waals surface area (Å²) in [6, 6.07) is 5.44. The van der Waals surface area contributed by atoms with Gasteiger partial charge in [-0.15, -0.1) is 0 Å². The second kappa shape index (κ2) is 5.62. The first-order chi connectivity index (χ1) is 7.54. The van der Waals surface area contributed by atoms with Crippen LogP contribution in [0, 0.1) is 0 Å². The summed E-state index contributed by atoms with van der Waals surface area (Å²) in [6.07, 6.45) is 0.230. The predicted octanol–water partition coefficient (Wildman–Crippen LogP) is -2.17. The molecule has 1 rings (SSSR count). The molecule has 6 nitrogen and oxygen atoms in total. The Bertz CT molecular complexity index is 355. The van der Waals surface area contributed by atoms with Gasteiger partial charge in [-0.3, -0.25) is 10.6 Å². The van der Waals surface area contributed by atoms with Crippen LogP contribution in [-0.2, 0) is 11.2 Å². The number of hydrogen-bond acceptors (Lipinski definition) is 5. The molecular weight excluding hydrogens is 211 g/mol. The first-order valence-corrected chi connectivity index (χ1v) is 4.68. The van der Waals surface area contributed by atoms with E-state index in [1.54, 1.807) is 12.1 Å². The van der Waals surface area contributed by atoms with Crippen molar-refractivity contribution in [3.8, 4) is 0 Å². The van der Waals surface area contributed by atoms with Gasteiger partial charge < -0.3 is 15.2 Å². The summed E-state index contributed by atoms with van der Waals surface area (Å²) < 4.78 is 0. The molecule has 0 aliphatic carbocycles. The van der Waals surface area contributed by atoms with Crippen molar-refractivity contribution in [3.63, 3.8) is 0 Å². The fourth-order valence-corrected chi connectivity index (χ4v) is 1.28. The van der Waals surface area contributed by atoms with Crippen LogP contribution in [0.1, 0.15) is 5.56 Å². The summed E-state index contributed by atoms with van der Waals surface area (Å²) in [6.45, 7) is 0. The molecule has 1 aromatic rings. The van der Waals surface area contributed by atoms with E-state index in [0.29, 0.717) is 5.46 Å². The first-order valence-electron chi connectivity index (χ1n) is 4.68. The molecule has 0 spiro atoms. The van der Waals surface area contributed by atoms with Crippen molar-refractivity contribution in [2.45, 2.75) is 12.5 Å². The summed E-state index contributed by atoms with van der Waals surface area (Å²) >= 11 is 0. The second-order valence-corrected chi connectivity index (χ2v) is 3.38. The zero-order valence-electron chi connectivity index (χ0n) is 8.50. The van der Waals surface area contributed by atoms with Crippen molar-refractivity contribution in [1.29, 1.82) is 0 Å². The molecular formula is C9H13BN2O4. The molecule has 0 radical (unpaired) electrons. The monoisotopic (exact) mass is 224 g/mol. The number of nitrogens with two attached hydrogens (primary N) is 1. The molecule has 0 fully saturated rings. The van der Waals surface area contributed by atoms with E-state index in [4.69, 9.17) is 21.0 Å². The lowest BCUT2D eigenvalue weighted by molar-refractivity contribution is -0.139. The molecule has 6 N–H and O–H groups in total. The molecule has 1 unspecified atom stereocenters. The van der Waals surface area contributed by atoms with E-state index in [1.165, 1.54) is 12.1 Å². The zero-order valence-corrected chi connectivity index (χ0v) is 8.50. The van der Waals surface area contributed by atoms with Crippen LogP contribution in [0.2, 0.25) is 0 Å². The molecule has 0 aromatic heterocycles. The van der Waals surface area contributed by atoms with E-state index in [9.17, 15) is 4.79 Å². The molecule has 1 aromatic carbocycles. The highest BCUT2D eigenvalue weighted by molar-refractivity contribution is 6.58. The lowest BCUT2D eigenvalue weighted by Gasteiger charge is -2.11. The standard InChI is InChI=1S/C9H13BN2O4/c11-12-8(9(13)14)5-6-1-3-7(4-2-6)10(15)16/h1-4,8,12,15-16H,5,11H2,(H,13,14). The molecule has 0 aliphatic heterocycles. The van der Waals surface area contributed by atoms with Gasteiger partial charge in [-0.1, -0.05) is 24.3 Å². The number of rotatable bonds is 5. The van der Waals surface area contributed by atoms with Gasteiger partial charge in [-0.05, 0) is 17.4 Å². The topological polar surface area (TPSA) is 116 Å². The highest BCUT2D eigenvalue weighted by Crippen LogP contribution is 2.02. The second-order valence-electron chi connectivity index (χ2n) is 3.38. The smallest absolute Gasteiger partial charge is 0.480 e. The van der Waals surface area contributed by atoms with E-state index >= 15 is 0 Å². The van der Waals surface area contributed by atoms with Crippen molar-refractivity contribution >= 4 is 18.6 Å². The van der Waals surface area contributed by atoms with Gasteiger partial charge in [0.15, 0.2) is 0 Å². The first kappa shape index (κ1) is 12.7. The third kappa shape index (κ3) is 3.32. The van der Waals surface area contributed by atoms with E-state index < -0.39 is 19.1 Å². The average molecular weight is 224 g/mol. The van der Waals surface area contributed by atoms with Gasteiger partial charge in [-0.2, -0.15) is 0 Å². The largest absolute Gasteiger partial charge is 0.488 e. The molecule has 86 valence electrons. The highest BCUT2D eigenvalue weighted by Gasteiger charge is 2.16. The van der Waals surface area contributed by atoms with Gasteiger partial charge in [0.05, 0.1) is 0 Å². The Kier molecular flexibility index (Phi) is 4.45. The molecule has 0 aliphatic rings. The van der Waals surface area contributed by atoms with Gasteiger partial charge in [0, 0.05) is 0 Å². The van der Waals surface area contributed by atoms with Gasteiger partial charge in [0.2, 0.25) is 0 Å². The Morgan fingerprint density at radius 2 is 1.94 bits per heavy atom. The fourth-order valence-electron chi connectivity index (χ4n) is 1.28. The van der Waals surface area contributed by atoms with Crippen molar-refractivity contribution in [1.82, 2.24) is 5.43 Å². The molecule has 0 heterocycles. The number of aliphatic carboxylic acids is 1. The van der Waals surface area contributed by atoms with E-state index in [-0.39, 0.29) is 6.42 Å². The fraction of sp³-hybridized carbons (Fsp3) is 0.222. The minimum Gasteiger partial charge on any atom is -0.480 e. The quantitative estimate of drug-likeness (QED) is 0.221. The predicted molar refractivity (Wildman–Crippen MR) is 58.7 cm³/mol. The minimum absolute atomic E-state index is 0.230. The van der Waals surface area contributed by atoms with Crippen molar-refractivity contribution in [2.24, 2.45) is 5.84 Å². The summed E-state index contributed by atoms with van der Waals surface area (Å²) in [5, 5.41) is 26.5. The van der Waals surface area contributed by atoms with E-state index in [2.05, 4.69) is 5.43 Å². The summed E-state index contributed by atoms with van der Waals surface area (Å²) in [4.78, 5) is 10.7. The Hall–Kier alpha value is -1.41. The number of nitrogens with one attached hydrogen (secondary N) is 1. The Morgan fingerprint density at radius 3 is 2.31 bits per heavy atom.